The molecule has 1 amide bonds. The minimum atomic E-state index is -0.282. The lowest BCUT2D eigenvalue weighted by Gasteiger charge is -2.23. The third-order valence-corrected chi connectivity index (χ3v) is 4.60. The molecule has 1 aliphatic rings. The van der Waals surface area contributed by atoms with Crippen LogP contribution in [0.4, 0.5) is 4.39 Å². The monoisotopic (exact) mass is 316 g/mol. The van der Waals surface area contributed by atoms with Crippen LogP contribution in [0.15, 0.2) is 30.3 Å². The number of halogens is 1. The highest BCUT2D eigenvalue weighted by molar-refractivity contribution is 5.96. The second kappa shape index (κ2) is 6.16. The number of aliphatic hydroxyl groups is 1. The lowest BCUT2D eigenvalue weighted by Crippen LogP contribution is -2.37. The number of aliphatic hydroxyl groups excluding tert-OH is 1. The molecule has 1 aliphatic heterocycles. The Morgan fingerprint density at radius 1 is 1.30 bits per heavy atom. The van der Waals surface area contributed by atoms with Gasteiger partial charge in [-0.3, -0.25) is 4.79 Å². The van der Waals surface area contributed by atoms with Gasteiger partial charge in [0.05, 0.1) is 18.2 Å². The molecular formula is C18H21FN2O2. The van der Waals surface area contributed by atoms with Gasteiger partial charge >= 0.3 is 0 Å². The molecule has 122 valence electrons. The summed E-state index contributed by atoms with van der Waals surface area (Å²) in [5.41, 5.74) is 3.24. The molecule has 1 N–H and O–H groups in total. The molecule has 0 radical (unpaired) electrons. The van der Waals surface area contributed by atoms with E-state index in [-0.39, 0.29) is 24.4 Å². The fourth-order valence-corrected chi connectivity index (χ4v) is 3.41. The Kier molecular flexibility index (Phi) is 4.22. The number of hydrogen-bond donors (Lipinski definition) is 1. The first-order valence-corrected chi connectivity index (χ1v) is 7.89. The molecule has 1 atom stereocenters. The summed E-state index contributed by atoms with van der Waals surface area (Å²) >= 11 is 0. The third-order valence-electron chi connectivity index (χ3n) is 4.60. The van der Waals surface area contributed by atoms with E-state index in [9.17, 15) is 14.3 Å². The van der Waals surface area contributed by atoms with Gasteiger partial charge in [-0.15, -0.1) is 0 Å². The van der Waals surface area contributed by atoms with Gasteiger partial charge in [-0.25, -0.2) is 4.39 Å². The van der Waals surface area contributed by atoms with Gasteiger partial charge in [0, 0.05) is 23.6 Å². The summed E-state index contributed by atoms with van der Waals surface area (Å²) in [7, 11) is 0. The van der Waals surface area contributed by atoms with Crippen LogP contribution in [0.3, 0.4) is 0 Å². The van der Waals surface area contributed by atoms with Crippen LogP contribution < -0.4 is 0 Å². The van der Waals surface area contributed by atoms with E-state index in [0.29, 0.717) is 12.1 Å². The molecule has 1 aromatic heterocycles. The zero-order chi connectivity index (χ0) is 16.6. The average Bonchev–Trinajstić information content (AvgIpc) is 3.12. The van der Waals surface area contributed by atoms with Crippen LogP contribution in [-0.4, -0.2) is 39.7 Å². The van der Waals surface area contributed by atoms with Crippen molar-refractivity contribution in [1.29, 1.82) is 0 Å². The normalized spacial score (nSPS) is 17.7. The van der Waals surface area contributed by atoms with Crippen molar-refractivity contribution in [2.24, 2.45) is 0 Å². The number of aryl methyl sites for hydroxylation is 1. The molecule has 0 spiro atoms. The molecule has 0 aliphatic carbocycles. The van der Waals surface area contributed by atoms with E-state index in [1.54, 1.807) is 17.0 Å². The molecule has 2 aromatic rings. The first kappa shape index (κ1) is 15.7. The van der Waals surface area contributed by atoms with E-state index in [4.69, 9.17) is 0 Å². The van der Waals surface area contributed by atoms with Crippen molar-refractivity contribution in [1.82, 2.24) is 9.47 Å². The molecule has 23 heavy (non-hydrogen) atoms. The van der Waals surface area contributed by atoms with Crippen molar-refractivity contribution >= 4 is 5.91 Å². The number of rotatable bonds is 3. The van der Waals surface area contributed by atoms with Crippen molar-refractivity contribution in [2.75, 3.05) is 13.2 Å². The third kappa shape index (κ3) is 2.77. The lowest BCUT2D eigenvalue weighted by atomic mass is 10.2. The van der Waals surface area contributed by atoms with E-state index in [1.807, 2.05) is 24.5 Å². The van der Waals surface area contributed by atoms with Crippen LogP contribution >= 0.6 is 0 Å². The van der Waals surface area contributed by atoms with E-state index in [2.05, 4.69) is 0 Å². The van der Waals surface area contributed by atoms with Crippen LogP contribution in [0, 0.1) is 19.7 Å². The topological polar surface area (TPSA) is 45.5 Å². The van der Waals surface area contributed by atoms with Gasteiger partial charge in [0.15, 0.2) is 0 Å². The van der Waals surface area contributed by atoms with Crippen LogP contribution in [0.25, 0.3) is 5.69 Å². The summed E-state index contributed by atoms with van der Waals surface area (Å²) in [5, 5.41) is 9.43. The summed E-state index contributed by atoms with van der Waals surface area (Å²) in [4.78, 5) is 14.6. The summed E-state index contributed by atoms with van der Waals surface area (Å²) < 4.78 is 15.1. The van der Waals surface area contributed by atoms with Gasteiger partial charge in [0.2, 0.25) is 0 Å². The fraction of sp³-hybridized carbons (Fsp3) is 0.389. The van der Waals surface area contributed by atoms with Gasteiger partial charge in [-0.2, -0.15) is 0 Å². The van der Waals surface area contributed by atoms with Crippen LogP contribution in [0.5, 0.6) is 0 Å². The van der Waals surface area contributed by atoms with E-state index >= 15 is 0 Å². The molecule has 2 heterocycles. The quantitative estimate of drug-likeness (QED) is 0.946. The summed E-state index contributed by atoms with van der Waals surface area (Å²) in [5.74, 6) is -0.321. The second-order valence-corrected chi connectivity index (χ2v) is 6.07. The molecule has 4 nitrogen and oxygen atoms in total. The molecule has 0 unspecified atom stereocenters. The molecule has 5 heteroatoms. The van der Waals surface area contributed by atoms with Gasteiger partial charge in [-0.1, -0.05) is 0 Å². The molecular weight excluding hydrogens is 295 g/mol. The number of carbonyl (C=O) groups is 1. The highest BCUT2D eigenvalue weighted by atomic mass is 19.1. The number of amides is 1. The number of benzene rings is 1. The SMILES string of the molecule is Cc1cc(C(=O)N2CCC[C@@H]2CO)c(C)n1-c1ccc(F)cc1. The molecule has 0 bridgehead atoms. The molecule has 3 rings (SSSR count). The van der Waals surface area contributed by atoms with Crippen LogP contribution in [0.1, 0.15) is 34.6 Å². The molecule has 1 aromatic carbocycles. The maximum absolute atomic E-state index is 13.1. The standard InChI is InChI=1S/C18H21FN2O2/c1-12-10-17(18(23)20-9-3-4-16(20)11-22)13(2)21(12)15-7-5-14(19)6-8-15/h5-8,10,16,22H,3-4,9,11H2,1-2H3/t16-/m1/s1. The van der Waals surface area contributed by atoms with E-state index in [1.165, 1.54) is 12.1 Å². The predicted octanol–water partition coefficient (Wildman–Crippen LogP) is 2.83. The Hall–Kier alpha value is -2.14. The summed E-state index contributed by atoms with van der Waals surface area (Å²) in [6.45, 7) is 4.51. The highest BCUT2D eigenvalue weighted by Gasteiger charge is 2.30. The van der Waals surface area contributed by atoms with Gasteiger partial charge in [-0.05, 0) is 57.0 Å². The largest absolute Gasteiger partial charge is 0.394 e. The fourth-order valence-electron chi connectivity index (χ4n) is 3.41. The Morgan fingerprint density at radius 2 is 2.00 bits per heavy atom. The summed E-state index contributed by atoms with van der Waals surface area (Å²) in [6, 6.07) is 8.02. The first-order valence-electron chi connectivity index (χ1n) is 7.89. The molecule has 0 saturated carbocycles. The van der Waals surface area contributed by atoms with Gasteiger partial charge < -0.3 is 14.6 Å². The van der Waals surface area contributed by atoms with Gasteiger partial charge in [0.25, 0.3) is 5.91 Å². The van der Waals surface area contributed by atoms with E-state index in [0.717, 1.165) is 29.9 Å². The minimum absolute atomic E-state index is 0.00242. The predicted molar refractivity (Wildman–Crippen MR) is 86.3 cm³/mol. The number of carbonyl (C=O) groups excluding carboxylic acids is 1. The number of hydrogen-bond acceptors (Lipinski definition) is 2. The Labute approximate surface area is 135 Å². The number of likely N-dealkylation sites (tertiary alicyclic amines) is 1. The molecule has 1 saturated heterocycles. The van der Waals surface area contributed by atoms with Crippen molar-refractivity contribution < 1.29 is 14.3 Å². The molecule has 1 fully saturated rings. The highest BCUT2D eigenvalue weighted by Crippen LogP contribution is 2.25. The Bertz CT molecular complexity index is 721. The van der Waals surface area contributed by atoms with Crippen molar-refractivity contribution in [3.63, 3.8) is 0 Å². The van der Waals surface area contributed by atoms with E-state index < -0.39 is 0 Å². The maximum Gasteiger partial charge on any atom is 0.256 e. The van der Waals surface area contributed by atoms with Crippen LogP contribution in [-0.2, 0) is 0 Å². The first-order chi connectivity index (χ1) is 11.0. The zero-order valence-corrected chi connectivity index (χ0v) is 13.4. The number of aromatic nitrogens is 1. The second-order valence-electron chi connectivity index (χ2n) is 6.07. The Morgan fingerprint density at radius 3 is 2.65 bits per heavy atom. The van der Waals surface area contributed by atoms with Crippen molar-refractivity contribution in [3.8, 4) is 5.69 Å². The zero-order valence-electron chi connectivity index (χ0n) is 13.4. The number of nitrogens with zero attached hydrogens (tertiary/aromatic N) is 2. The van der Waals surface area contributed by atoms with Crippen molar-refractivity contribution in [2.45, 2.75) is 32.7 Å². The Balaban J connectivity index is 1.97. The minimum Gasteiger partial charge on any atom is -0.394 e. The maximum atomic E-state index is 13.1. The van der Waals surface area contributed by atoms with Crippen LogP contribution in [0.2, 0.25) is 0 Å². The lowest BCUT2D eigenvalue weighted by molar-refractivity contribution is 0.0677. The van der Waals surface area contributed by atoms with Crippen molar-refractivity contribution in [3.05, 3.63) is 53.1 Å². The van der Waals surface area contributed by atoms with Gasteiger partial charge in [0.1, 0.15) is 5.82 Å². The average molecular weight is 316 g/mol. The smallest absolute Gasteiger partial charge is 0.256 e. The summed E-state index contributed by atoms with van der Waals surface area (Å²) in [6.07, 6.45) is 1.77.